The van der Waals surface area contributed by atoms with Gasteiger partial charge in [-0.25, -0.2) is 17.9 Å². The molecule has 2 N–H and O–H groups in total. The van der Waals surface area contributed by atoms with E-state index in [9.17, 15) is 13.2 Å². The van der Waals surface area contributed by atoms with E-state index in [-0.39, 0.29) is 23.8 Å². The highest BCUT2D eigenvalue weighted by atomic mass is 32.2. The molecule has 21 heavy (non-hydrogen) atoms. The van der Waals surface area contributed by atoms with Gasteiger partial charge in [0.25, 0.3) is 0 Å². The molecule has 2 rings (SSSR count). The first-order chi connectivity index (χ1) is 10.00. The summed E-state index contributed by atoms with van der Waals surface area (Å²) in [6.45, 7) is 2.49. The lowest BCUT2D eigenvalue weighted by Crippen LogP contribution is -2.48. The van der Waals surface area contributed by atoms with Crippen LogP contribution in [0.25, 0.3) is 0 Å². The molecular formula is C13H25N3O4S. The van der Waals surface area contributed by atoms with Gasteiger partial charge in [-0.1, -0.05) is 0 Å². The second kappa shape index (κ2) is 7.42. The van der Waals surface area contributed by atoms with Crippen molar-refractivity contribution in [1.82, 2.24) is 14.9 Å². The van der Waals surface area contributed by atoms with Gasteiger partial charge in [0.05, 0.1) is 11.9 Å². The van der Waals surface area contributed by atoms with Gasteiger partial charge < -0.3 is 15.0 Å². The van der Waals surface area contributed by atoms with Crippen molar-refractivity contribution in [2.75, 3.05) is 39.0 Å². The standard InChI is InChI=1S/C13H25N3O4S/c1-14-21(18,19)10-11-4-2-6-16(9-11)13(17)15-8-12-5-3-7-20-12/h11-12,14H,2-10H2,1H3,(H,15,17). The Kier molecular flexibility index (Phi) is 5.83. The fourth-order valence-electron chi connectivity index (χ4n) is 2.90. The zero-order valence-electron chi connectivity index (χ0n) is 12.5. The van der Waals surface area contributed by atoms with Crippen molar-refractivity contribution in [3.8, 4) is 0 Å². The predicted octanol–water partition coefficient (Wildman–Crippen LogP) is 0.136. The molecule has 2 amide bonds. The van der Waals surface area contributed by atoms with Crippen LogP contribution in [0.5, 0.6) is 0 Å². The van der Waals surface area contributed by atoms with Crippen molar-refractivity contribution in [1.29, 1.82) is 0 Å². The molecule has 2 fully saturated rings. The van der Waals surface area contributed by atoms with E-state index in [4.69, 9.17) is 4.74 Å². The molecule has 0 spiro atoms. The van der Waals surface area contributed by atoms with Crippen LogP contribution in [0.2, 0.25) is 0 Å². The molecule has 7 nitrogen and oxygen atoms in total. The third kappa shape index (κ3) is 5.12. The van der Waals surface area contributed by atoms with Gasteiger partial charge in [-0.2, -0.15) is 0 Å². The second-order valence-corrected chi connectivity index (χ2v) is 7.73. The fraction of sp³-hybridized carbons (Fsp3) is 0.923. The normalized spacial score (nSPS) is 26.8. The third-order valence-electron chi connectivity index (χ3n) is 4.08. The molecular weight excluding hydrogens is 294 g/mol. The number of rotatable bonds is 5. The van der Waals surface area contributed by atoms with Crippen molar-refractivity contribution in [2.24, 2.45) is 5.92 Å². The van der Waals surface area contributed by atoms with E-state index in [1.807, 2.05) is 0 Å². The van der Waals surface area contributed by atoms with Gasteiger partial charge in [0.1, 0.15) is 0 Å². The van der Waals surface area contributed by atoms with Gasteiger partial charge in [-0.05, 0) is 38.6 Å². The minimum atomic E-state index is -3.22. The first kappa shape index (κ1) is 16.5. The average Bonchev–Trinajstić information content (AvgIpc) is 2.98. The number of carbonyl (C=O) groups excluding carboxylic acids is 1. The summed E-state index contributed by atoms with van der Waals surface area (Å²) in [5.74, 6) is 0.0867. The summed E-state index contributed by atoms with van der Waals surface area (Å²) < 4.78 is 31.0. The van der Waals surface area contributed by atoms with Crippen LogP contribution in [0, 0.1) is 5.92 Å². The van der Waals surface area contributed by atoms with Crippen molar-refractivity contribution in [3.05, 3.63) is 0 Å². The summed E-state index contributed by atoms with van der Waals surface area (Å²) in [5, 5.41) is 2.89. The van der Waals surface area contributed by atoms with E-state index in [1.165, 1.54) is 7.05 Å². The average molecular weight is 319 g/mol. The monoisotopic (exact) mass is 319 g/mol. The molecule has 0 aromatic carbocycles. The maximum absolute atomic E-state index is 12.1. The molecule has 0 saturated carbocycles. The number of carbonyl (C=O) groups is 1. The summed E-state index contributed by atoms with van der Waals surface area (Å²) in [6.07, 6.45) is 3.85. The minimum absolute atomic E-state index is 0.00433. The number of piperidine rings is 1. The zero-order valence-corrected chi connectivity index (χ0v) is 13.3. The molecule has 2 heterocycles. The van der Waals surface area contributed by atoms with Crippen LogP contribution in [-0.4, -0.2) is 64.5 Å². The molecule has 2 aliphatic heterocycles. The minimum Gasteiger partial charge on any atom is -0.376 e. The molecule has 0 radical (unpaired) electrons. The lowest BCUT2D eigenvalue weighted by atomic mass is 10.0. The van der Waals surface area contributed by atoms with Gasteiger partial charge in [0, 0.05) is 26.2 Å². The summed E-state index contributed by atoms with van der Waals surface area (Å²) >= 11 is 0. The van der Waals surface area contributed by atoms with Crippen LogP contribution < -0.4 is 10.0 Å². The molecule has 2 atom stereocenters. The molecule has 0 aromatic heterocycles. The van der Waals surface area contributed by atoms with Gasteiger partial charge in [0.15, 0.2) is 0 Å². The Morgan fingerprint density at radius 2 is 2.14 bits per heavy atom. The first-order valence-corrected chi connectivity index (χ1v) is 9.21. The number of sulfonamides is 1. The Bertz CT molecular complexity index is 448. The Morgan fingerprint density at radius 3 is 2.81 bits per heavy atom. The maximum Gasteiger partial charge on any atom is 0.317 e. The number of hydrogen-bond donors (Lipinski definition) is 2. The predicted molar refractivity (Wildman–Crippen MR) is 79.5 cm³/mol. The topological polar surface area (TPSA) is 87.7 Å². The summed E-state index contributed by atoms with van der Waals surface area (Å²) in [4.78, 5) is 13.8. The van der Waals surface area contributed by atoms with E-state index in [2.05, 4.69) is 10.0 Å². The van der Waals surface area contributed by atoms with Gasteiger partial charge in [-0.3, -0.25) is 0 Å². The van der Waals surface area contributed by atoms with Crippen LogP contribution in [-0.2, 0) is 14.8 Å². The van der Waals surface area contributed by atoms with Crippen LogP contribution >= 0.6 is 0 Å². The van der Waals surface area contributed by atoms with Gasteiger partial charge >= 0.3 is 6.03 Å². The van der Waals surface area contributed by atoms with E-state index >= 15 is 0 Å². The number of likely N-dealkylation sites (tertiary alicyclic amines) is 1. The molecule has 122 valence electrons. The highest BCUT2D eigenvalue weighted by Crippen LogP contribution is 2.18. The van der Waals surface area contributed by atoms with Crippen LogP contribution in [0.4, 0.5) is 4.79 Å². The van der Waals surface area contributed by atoms with Crippen molar-refractivity contribution < 1.29 is 17.9 Å². The summed E-state index contributed by atoms with van der Waals surface area (Å²) in [6, 6.07) is -0.114. The molecule has 8 heteroatoms. The van der Waals surface area contributed by atoms with Gasteiger partial charge in [0.2, 0.25) is 10.0 Å². The fourth-order valence-corrected chi connectivity index (χ4v) is 3.96. The second-order valence-electron chi connectivity index (χ2n) is 5.76. The van der Waals surface area contributed by atoms with E-state index in [0.29, 0.717) is 19.6 Å². The molecule has 0 aromatic rings. The quantitative estimate of drug-likeness (QED) is 0.754. The van der Waals surface area contributed by atoms with E-state index in [1.54, 1.807) is 4.90 Å². The number of nitrogens with zero attached hydrogens (tertiary/aromatic N) is 1. The number of ether oxygens (including phenoxy) is 1. The van der Waals surface area contributed by atoms with Crippen molar-refractivity contribution >= 4 is 16.1 Å². The summed E-state index contributed by atoms with van der Waals surface area (Å²) in [7, 11) is -1.80. The molecule has 0 bridgehead atoms. The Hall–Kier alpha value is -0.860. The molecule has 2 aliphatic rings. The number of nitrogens with one attached hydrogen (secondary N) is 2. The van der Waals surface area contributed by atoms with Crippen LogP contribution in [0.3, 0.4) is 0 Å². The highest BCUT2D eigenvalue weighted by molar-refractivity contribution is 7.89. The Morgan fingerprint density at radius 1 is 1.33 bits per heavy atom. The largest absolute Gasteiger partial charge is 0.376 e. The number of urea groups is 1. The summed E-state index contributed by atoms with van der Waals surface area (Å²) in [5.41, 5.74) is 0. The maximum atomic E-state index is 12.1. The van der Waals surface area contributed by atoms with E-state index < -0.39 is 10.0 Å². The lowest BCUT2D eigenvalue weighted by Gasteiger charge is -2.32. The van der Waals surface area contributed by atoms with Crippen LogP contribution in [0.15, 0.2) is 0 Å². The molecule has 2 saturated heterocycles. The van der Waals surface area contributed by atoms with Crippen molar-refractivity contribution in [2.45, 2.75) is 31.8 Å². The Labute approximate surface area is 126 Å². The Balaban J connectivity index is 1.78. The smallest absolute Gasteiger partial charge is 0.317 e. The number of amides is 2. The van der Waals surface area contributed by atoms with Crippen molar-refractivity contribution in [3.63, 3.8) is 0 Å². The molecule has 0 aliphatic carbocycles. The van der Waals surface area contributed by atoms with E-state index in [0.717, 1.165) is 32.3 Å². The highest BCUT2D eigenvalue weighted by Gasteiger charge is 2.27. The molecule has 2 unspecified atom stereocenters. The number of hydrogen-bond acceptors (Lipinski definition) is 4. The third-order valence-corrected chi connectivity index (χ3v) is 5.61. The van der Waals surface area contributed by atoms with Crippen LogP contribution in [0.1, 0.15) is 25.7 Å². The first-order valence-electron chi connectivity index (χ1n) is 7.56. The lowest BCUT2D eigenvalue weighted by molar-refractivity contribution is 0.107. The zero-order chi connectivity index (χ0) is 15.3. The van der Waals surface area contributed by atoms with Gasteiger partial charge in [-0.15, -0.1) is 0 Å². The SMILES string of the molecule is CNS(=O)(=O)CC1CCCN(C(=O)NCC2CCCO2)C1.